The van der Waals surface area contributed by atoms with Gasteiger partial charge in [0.25, 0.3) is 0 Å². The lowest BCUT2D eigenvalue weighted by Gasteiger charge is -2.25. The quantitative estimate of drug-likeness (QED) is 0.769. The molecule has 2 rings (SSSR count). The van der Waals surface area contributed by atoms with Crippen molar-refractivity contribution in [3.05, 3.63) is 23.2 Å². The van der Waals surface area contributed by atoms with Gasteiger partial charge >= 0.3 is 0 Å². The summed E-state index contributed by atoms with van der Waals surface area (Å²) < 4.78 is 11.5. The molecule has 0 aliphatic carbocycles. The third-order valence-electron chi connectivity index (χ3n) is 3.65. The van der Waals surface area contributed by atoms with Gasteiger partial charge in [-0.15, -0.1) is 0 Å². The predicted molar refractivity (Wildman–Crippen MR) is 76.2 cm³/mol. The molecule has 1 aliphatic rings. The zero-order chi connectivity index (χ0) is 13.5. The van der Waals surface area contributed by atoms with Crippen molar-refractivity contribution in [3.8, 4) is 0 Å². The van der Waals surface area contributed by atoms with Crippen LogP contribution < -0.4 is 5.32 Å². The Morgan fingerprint density at radius 2 is 2.11 bits per heavy atom. The molecule has 1 aliphatic heterocycles. The largest absolute Gasteiger partial charge is 0.462 e. The molecule has 19 heavy (non-hydrogen) atoms. The summed E-state index contributed by atoms with van der Waals surface area (Å²) in [5, 5.41) is 3.11. The van der Waals surface area contributed by atoms with Crippen molar-refractivity contribution in [2.45, 2.75) is 39.3 Å². The number of nitrogens with one attached hydrogen (secondary N) is 1. The second-order valence-electron chi connectivity index (χ2n) is 5.30. The Morgan fingerprint density at radius 3 is 2.84 bits per heavy atom. The number of hydrogen-bond acceptors (Lipinski definition) is 4. The first-order valence-electron chi connectivity index (χ1n) is 7.32. The Labute approximate surface area is 116 Å². The predicted octanol–water partition coefficient (Wildman–Crippen LogP) is 2.31. The molecule has 0 aromatic carbocycles. The lowest BCUT2D eigenvalue weighted by molar-refractivity contribution is 0.0758. The van der Waals surface area contributed by atoms with E-state index in [0.29, 0.717) is 6.61 Å². The molecule has 4 nitrogen and oxygen atoms in total. The first-order chi connectivity index (χ1) is 9.29. The molecule has 1 aromatic heterocycles. The Kier molecular flexibility index (Phi) is 5.89. The SMILES string of the molecule is CNCc1oc(COCCN2CCCCC2)cc1C. The fourth-order valence-corrected chi connectivity index (χ4v) is 2.55. The molecule has 1 fully saturated rings. The number of rotatable bonds is 7. The topological polar surface area (TPSA) is 37.6 Å². The monoisotopic (exact) mass is 266 g/mol. The maximum atomic E-state index is 5.75. The first-order valence-corrected chi connectivity index (χ1v) is 7.32. The van der Waals surface area contributed by atoms with Gasteiger partial charge in [0.05, 0.1) is 13.2 Å². The smallest absolute Gasteiger partial charge is 0.130 e. The van der Waals surface area contributed by atoms with Crippen LogP contribution in [0.2, 0.25) is 0 Å². The van der Waals surface area contributed by atoms with E-state index >= 15 is 0 Å². The Bertz CT molecular complexity index is 370. The van der Waals surface area contributed by atoms with Crippen LogP contribution >= 0.6 is 0 Å². The molecule has 1 saturated heterocycles. The highest BCUT2D eigenvalue weighted by atomic mass is 16.5. The molecule has 0 unspecified atom stereocenters. The number of likely N-dealkylation sites (tertiary alicyclic amines) is 1. The highest BCUT2D eigenvalue weighted by Gasteiger charge is 2.10. The standard InChI is InChI=1S/C15H26N2O2/c1-13-10-14(19-15(13)11-16-2)12-18-9-8-17-6-4-3-5-7-17/h10,16H,3-9,11-12H2,1-2H3. The molecule has 0 spiro atoms. The van der Waals surface area contributed by atoms with E-state index in [4.69, 9.17) is 9.15 Å². The van der Waals surface area contributed by atoms with E-state index in [1.54, 1.807) is 0 Å². The average Bonchev–Trinajstić information content (AvgIpc) is 2.77. The number of ether oxygens (including phenoxy) is 1. The van der Waals surface area contributed by atoms with Crippen molar-refractivity contribution in [1.82, 2.24) is 10.2 Å². The van der Waals surface area contributed by atoms with Crippen LogP contribution in [0, 0.1) is 6.92 Å². The van der Waals surface area contributed by atoms with Crippen LogP contribution in [-0.4, -0.2) is 38.2 Å². The van der Waals surface area contributed by atoms with Crippen LogP contribution in [-0.2, 0) is 17.9 Å². The average molecular weight is 266 g/mol. The molecular weight excluding hydrogens is 240 g/mol. The molecule has 0 atom stereocenters. The van der Waals surface area contributed by atoms with Gasteiger partial charge in [0.2, 0.25) is 0 Å². The second kappa shape index (κ2) is 7.68. The van der Waals surface area contributed by atoms with Crippen LogP contribution in [0.5, 0.6) is 0 Å². The summed E-state index contributed by atoms with van der Waals surface area (Å²) in [5.41, 5.74) is 1.20. The Morgan fingerprint density at radius 1 is 1.32 bits per heavy atom. The Balaban J connectivity index is 1.66. The minimum absolute atomic E-state index is 0.582. The molecule has 4 heteroatoms. The molecule has 1 N–H and O–H groups in total. The number of hydrogen-bond donors (Lipinski definition) is 1. The molecule has 0 amide bonds. The summed E-state index contributed by atoms with van der Waals surface area (Å²) in [6.07, 6.45) is 4.06. The summed E-state index contributed by atoms with van der Waals surface area (Å²) in [5.74, 6) is 1.94. The number of furan rings is 1. The van der Waals surface area contributed by atoms with Crippen LogP contribution in [0.15, 0.2) is 10.5 Å². The third kappa shape index (κ3) is 4.64. The third-order valence-corrected chi connectivity index (χ3v) is 3.65. The van der Waals surface area contributed by atoms with Gasteiger partial charge in [0.1, 0.15) is 18.1 Å². The van der Waals surface area contributed by atoms with E-state index in [2.05, 4.69) is 23.2 Å². The lowest BCUT2D eigenvalue weighted by Crippen LogP contribution is -2.32. The van der Waals surface area contributed by atoms with Crippen LogP contribution in [0.25, 0.3) is 0 Å². The summed E-state index contributed by atoms with van der Waals surface area (Å²) >= 11 is 0. The van der Waals surface area contributed by atoms with Crippen molar-refractivity contribution in [2.75, 3.05) is 33.3 Å². The fraction of sp³-hybridized carbons (Fsp3) is 0.733. The van der Waals surface area contributed by atoms with Gasteiger partial charge in [-0.2, -0.15) is 0 Å². The van der Waals surface area contributed by atoms with Crippen LogP contribution in [0.3, 0.4) is 0 Å². The summed E-state index contributed by atoms with van der Waals surface area (Å²) in [4.78, 5) is 2.49. The van der Waals surface area contributed by atoms with Crippen LogP contribution in [0.1, 0.15) is 36.3 Å². The molecular formula is C15H26N2O2. The minimum Gasteiger partial charge on any atom is -0.462 e. The van der Waals surface area contributed by atoms with E-state index in [9.17, 15) is 0 Å². The number of nitrogens with zero attached hydrogens (tertiary/aromatic N) is 1. The van der Waals surface area contributed by atoms with E-state index in [0.717, 1.165) is 31.2 Å². The van der Waals surface area contributed by atoms with E-state index in [1.807, 2.05) is 7.05 Å². The van der Waals surface area contributed by atoms with Gasteiger partial charge in [-0.05, 0) is 51.5 Å². The van der Waals surface area contributed by atoms with Crippen molar-refractivity contribution >= 4 is 0 Å². The maximum absolute atomic E-state index is 5.75. The van der Waals surface area contributed by atoms with Gasteiger partial charge in [-0.1, -0.05) is 6.42 Å². The molecule has 2 heterocycles. The van der Waals surface area contributed by atoms with Gasteiger partial charge in [-0.3, -0.25) is 0 Å². The minimum atomic E-state index is 0.582. The summed E-state index contributed by atoms with van der Waals surface area (Å²) in [6.45, 7) is 7.74. The Hall–Kier alpha value is -0.840. The first kappa shape index (κ1) is 14.6. The maximum Gasteiger partial charge on any atom is 0.130 e. The van der Waals surface area contributed by atoms with E-state index in [-0.39, 0.29) is 0 Å². The van der Waals surface area contributed by atoms with Gasteiger partial charge in [0, 0.05) is 6.54 Å². The molecule has 0 saturated carbocycles. The molecule has 108 valence electrons. The number of piperidine rings is 1. The van der Waals surface area contributed by atoms with Crippen molar-refractivity contribution in [1.29, 1.82) is 0 Å². The van der Waals surface area contributed by atoms with Gasteiger partial charge < -0.3 is 19.4 Å². The zero-order valence-corrected chi connectivity index (χ0v) is 12.2. The second-order valence-corrected chi connectivity index (χ2v) is 5.30. The fourth-order valence-electron chi connectivity index (χ4n) is 2.55. The van der Waals surface area contributed by atoms with Crippen LogP contribution in [0.4, 0.5) is 0 Å². The lowest BCUT2D eigenvalue weighted by atomic mass is 10.1. The van der Waals surface area contributed by atoms with Crippen molar-refractivity contribution in [3.63, 3.8) is 0 Å². The van der Waals surface area contributed by atoms with Crippen molar-refractivity contribution in [2.24, 2.45) is 0 Å². The van der Waals surface area contributed by atoms with Crippen molar-refractivity contribution < 1.29 is 9.15 Å². The van der Waals surface area contributed by atoms with Gasteiger partial charge in [-0.25, -0.2) is 0 Å². The highest BCUT2D eigenvalue weighted by Crippen LogP contribution is 2.15. The summed E-state index contributed by atoms with van der Waals surface area (Å²) in [6, 6.07) is 2.08. The zero-order valence-electron chi connectivity index (χ0n) is 12.2. The number of aryl methyl sites for hydroxylation is 1. The van der Waals surface area contributed by atoms with E-state index in [1.165, 1.54) is 37.9 Å². The highest BCUT2D eigenvalue weighted by molar-refractivity contribution is 5.19. The van der Waals surface area contributed by atoms with Gasteiger partial charge in [0.15, 0.2) is 0 Å². The molecule has 0 radical (unpaired) electrons. The molecule has 1 aromatic rings. The normalized spacial score (nSPS) is 16.9. The summed E-state index contributed by atoms with van der Waals surface area (Å²) in [7, 11) is 1.93. The van der Waals surface area contributed by atoms with E-state index < -0.39 is 0 Å². The molecule has 0 bridgehead atoms.